The molecule has 0 saturated carbocycles. The Kier molecular flexibility index (Phi) is 5.28. The number of ketones is 1. The van der Waals surface area contributed by atoms with E-state index in [-0.39, 0.29) is 17.2 Å². The molecule has 1 aliphatic heterocycles. The maximum absolute atomic E-state index is 13.9. The molecule has 2 heterocycles. The van der Waals surface area contributed by atoms with Crippen LogP contribution in [0.4, 0.5) is 5.69 Å². The summed E-state index contributed by atoms with van der Waals surface area (Å²) < 4.78 is 2.26. The fourth-order valence-electron chi connectivity index (χ4n) is 6.52. The van der Waals surface area contributed by atoms with Gasteiger partial charge in [-0.25, -0.2) is 0 Å². The molecule has 1 N–H and O–H groups in total. The number of rotatable bonds is 3. The fourth-order valence-corrected chi connectivity index (χ4v) is 6.71. The molecule has 0 fully saturated rings. The standard InChI is InChI=1S/C34H29ClN2O/c1-34(2)17-25-31-23-11-5-3-9-21(23)15-16-28(31)36-33(32(25)30(38)18-34)26-20-37(29-14-8-6-12-24(26)29)19-22-10-4-7-13-27(22)35/h3-16,20,33,36H,17-19H2,1-2H3/t33-/m0/s1. The zero-order chi connectivity index (χ0) is 26.0. The highest BCUT2D eigenvalue weighted by molar-refractivity contribution is 6.31. The second-order valence-electron chi connectivity index (χ2n) is 11.4. The number of hydrogen-bond donors (Lipinski definition) is 1. The average molecular weight is 517 g/mol. The molecule has 0 spiro atoms. The number of fused-ring (bicyclic) bond motifs is 5. The summed E-state index contributed by atoms with van der Waals surface area (Å²) in [6.07, 6.45) is 3.66. The molecule has 3 nitrogen and oxygen atoms in total. The van der Waals surface area contributed by atoms with Crippen molar-refractivity contribution in [3.05, 3.63) is 118 Å². The lowest BCUT2D eigenvalue weighted by Gasteiger charge is -2.40. The van der Waals surface area contributed by atoms with Gasteiger partial charge in [-0.15, -0.1) is 0 Å². The first-order chi connectivity index (χ1) is 18.4. The van der Waals surface area contributed by atoms with E-state index in [9.17, 15) is 4.79 Å². The summed E-state index contributed by atoms with van der Waals surface area (Å²) in [6.45, 7) is 5.10. The SMILES string of the molecule is CC1(C)CC(=O)C2=C(C1)c1c(ccc3ccccc13)N[C@H]2c1cn(Cc2ccccc2Cl)c2ccccc12. The van der Waals surface area contributed by atoms with E-state index in [0.29, 0.717) is 13.0 Å². The summed E-state index contributed by atoms with van der Waals surface area (Å²) in [4.78, 5) is 13.9. The Morgan fingerprint density at radius 1 is 0.895 bits per heavy atom. The Morgan fingerprint density at radius 3 is 2.47 bits per heavy atom. The van der Waals surface area contributed by atoms with Crippen molar-refractivity contribution in [1.82, 2.24) is 4.57 Å². The van der Waals surface area contributed by atoms with Crippen LogP contribution in [0.15, 0.2) is 96.7 Å². The predicted octanol–water partition coefficient (Wildman–Crippen LogP) is 8.81. The predicted molar refractivity (Wildman–Crippen MR) is 158 cm³/mol. The number of nitrogens with one attached hydrogen (secondary N) is 1. The van der Waals surface area contributed by atoms with Crippen LogP contribution in [0.1, 0.15) is 49.4 Å². The molecule has 1 atom stereocenters. The van der Waals surface area contributed by atoms with Crippen LogP contribution >= 0.6 is 11.6 Å². The van der Waals surface area contributed by atoms with Crippen LogP contribution in [-0.2, 0) is 11.3 Å². The van der Waals surface area contributed by atoms with Crippen LogP contribution in [0.2, 0.25) is 5.02 Å². The number of benzene rings is 4. The van der Waals surface area contributed by atoms with Gasteiger partial charge in [0.2, 0.25) is 0 Å². The number of halogens is 1. The number of carbonyl (C=O) groups is 1. The number of hydrogen-bond acceptors (Lipinski definition) is 2. The Balaban J connectivity index is 1.45. The summed E-state index contributed by atoms with van der Waals surface area (Å²) in [7, 11) is 0. The van der Waals surface area contributed by atoms with Crippen LogP contribution in [0.5, 0.6) is 0 Å². The first-order valence-corrected chi connectivity index (χ1v) is 13.6. The number of Topliss-reactive ketones (excluding diaryl/α,β-unsaturated/α-hetero) is 1. The first kappa shape index (κ1) is 23.3. The molecule has 2 aliphatic rings. The van der Waals surface area contributed by atoms with E-state index in [4.69, 9.17) is 11.6 Å². The first-order valence-electron chi connectivity index (χ1n) is 13.3. The molecule has 4 aromatic carbocycles. The van der Waals surface area contributed by atoms with Gasteiger partial charge in [-0.1, -0.05) is 92.2 Å². The Morgan fingerprint density at radius 2 is 1.63 bits per heavy atom. The van der Waals surface area contributed by atoms with Gasteiger partial charge in [-0.05, 0) is 51.9 Å². The van der Waals surface area contributed by atoms with Gasteiger partial charge in [0.05, 0.1) is 6.04 Å². The van der Waals surface area contributed by atoms with Gasteiger partial charge in [0.25, 0.3) is 0 Å². The molecule has 1 aliphatic carbocycles. The third-order valence-electron chi connectivity index (χ3n) is 8.17. The monoisotopic (exact) mass is 516 g/mol. The second kappa shape index (κ2) is 8.61. The third-order valence-corrected chi connectivity index (χ3v) is 8.54. The van der Waals surface area contributed by atoms with Gasteiger partial charge >= 0.3 is 0 Å². The largest absolute Gasteiger partial charge is 0.373 e. The zero-order valence-electron chi connectivity index (χ0n) is 21.6. The summed E-state index contributed by atoms with van der Waals surface area (Å²) >= 11 is 6.54. The van der Waals surface area contributed by atoms with Gasteiger partial charge in [0.15, 0.2) is 5.78 Å². The van der Waals surface area contributed by atoms with E-state index < -0.39 is 0 Å². The summed E-state index contributed by atoms with van der Waals surface area (Å²) in [6, 6.07) is 29.1. The maximum atomic E-state index is 13.9. The van der Waals surface area contributed by atoms with Crippen LogP contribution in [0, 0.1) is 5.41 Å². The molecular formula is C34H29ClN2O. The van der Waals surface area contributed by atoms with Gasteiger partial charge in [-0.2, -0.15) is 0 Å². The summed E-state index contributed by atoms with van der Waals surface area (Å²) in [5, 5.41) is 8.15. The minimum absolute atomic E-state index is 0.0793. The molecular weight excluding hydrogens is 488 g/mol. The number of aromatic nitrogens is 1. The molecule has 0 radical (unpaired) electrons. The van der Waals surface area contributed by atoms with E-state index >= 15 is 0 Å². The van der Waals surface area contributed by atoms with Crippen molar-refractivity contribution in [2.75, 3.05) is 5.32 Å². The van der Waals surface area contributed by atoms with Crippen LogP contribution in [0.3, 0.4) is 0 Å². The fraction of sp³-hybridized carbons (Fsp3) is 0.206. The van der Waals surface area contributed by atoms with Crippen molar-refractivity contribution in [2.45, 2.75) is 39.3 Å². The number of anilines is 1. The van der Waals surface area contributed by atoms with E-state index in [1.165, 1.54) is 21.9 Å². The molecule has 0 unspecified atom stereocenters. The van der Waals surface area contributed by atoms with Crippen LogP contribution in [-0.4, -0.2) is 10.4 Å². The molecule has 7 rings (SSSR count). The van der Waals surface area contributed by atoms with Crippen LogP contribution < -0.4 is 5.32 Å². The zero-order valence-corrected chi connectivity index (χ0v) is 22.3. The topological polar surface area (TPSA) is 34.0 Å². The Bertz CT molecular complexity index is 1790. The summed E-state index contributed by atoms with van der Waals surface area (Å²) in [5.74, 6) is 0.246. The second-order valence-corrected chi connectivity index (χ2v) is 11.8. The lowest BCUT2D eigenvalue weighted by molar-refractivity contribution is -0.118. The summed E-state index contributed by atoms with van der Waals surface area (Å²) in [5.41, 5.74) is 7.68. The maximum Gasteiger partial charge on any atom is 0.162 e. The van der Waals surface area contributed by atoms with E-state index in [2.05, 4.69) is 96.7 Å². The van der Waals surface area contributed by atoms with Crippen molar-refractivity contribution < 1.29 is 4.79 Å². The molecule has 5 aromatic rings. The van der Waals surface area contributed by atoms with E-state index in [1.807, 2.05) is 18.2 Å². The van der Waals surface area contributed by atoms with Crippen molar-refractivity contribution >= 4 is 50.3 Å². The van der Waals surface area contributed by atoms with Crippen molar-refractivity contribution in [2.24, 2.45) is 5.41 Å². The lowest BCUT2D eigenvalue weighted by atomic mass is 9.68. The molecule has 0 bridgehead atoms. The number of allylic oxidation sites excluding steroid dienone is 1. The average Bonchev–Trinajstić information content (AvgIpc) is 3.26. The van der Waals surface area contributed by atoms with Gasteiger partial charge in [0.1, 0.15) is 0 Å². The molecule has 4 heteroatoms. The van der Waals surface area contributed by atoms with Gasteiger partial charge < -0.3 is 9.88 Å². The van der Waals surface area contributed by atoms with E-state index in [1.54, 1.807) is 0 Å². The van der Waals surface area contributed by atoms with E-state index in [0.717, 1.165) is 44.7 Å². The Labute approximate surface area is 227 Å². The van der Waals surface area contributed by atoms with Crippen molar-refractivity contribution in [1.29, 1.82) is 0 Å². The number of nitrogens with zero attached hydrogens (tertiary/aromatic N) is 1. The molecule has 188 valence electrons. The normalized spacial score (nSPS) is 18.4. The molecule has 0 saturated heterocycles. The highest BCUT2D eigenvalue weighted by Crippen LogP contribution is 2.52. The Hall–Kier alpha value is -3.82. The van der Waals surface area contributed by atoms with Crippen molar-refractivity contribution in [3.8, 4) is 0 Å². The van der Waals surface area contributed by atoms with Gasteiger partial charge in [0, 0.05) is 57.5 Å². The highest BCUT2D eigenvalue weighted by atomic mass is 35.5. The number of para-hydroxylation sites is 1. The number of carbonyl (C=O) groups excluding carboxylic acids is 1. The van der Waals surface area contributed by atoms with Crippen molar-refractivity contribution in [3.63, 3.8) is 0 Å². The smallest absolute Gasteiger partial charge is 0.162 e. The highest BCUT2D eigenvalue weighted by Gasteiger charge is 2.41. The molecule has 1 aromatic heterocycles. The third kappa shape index (κ3) is 3.68. The minimum atomic E-state index is -0.209. The molecule has 38 heavy (non-hydrogen) atoms. The minimum Gasteiger partial charge on any atom is -0.373 e. The molecule has 0 amide bonds. The van der Waals surface area contributed by atoms with Crippen LogP contribution in [0.25, 0.3) is 27.2 Å². The quantitative estimate of drug-likeness (QED) is 0.260. The van der Waals surface area contributed by atoms with Gasteiger partial charge in [-0.3, -0.25) is 4.79 Å². The lowest BCUT2D eigenvalue weighted by Crippen LogP contribution is -2.33.